The zero-order valence-electron chi connectivity index (χ0n) is 11.4. The van der Waals surface area contributed by atoms with Crippen molar-refractivity contribution in [1.29, 1.82) is 0 Å². The molecule has 0 aliphatic rings. The fraction of sp³-hybridized carbons (Fsp3) is 0.294. The lowest BCUT2D eigenvalue weighted by molar-refractivity contribution is 0.306. The summed E-state index contributed by atoms with van der Waals surface area (Å²) in [6.45, 7) is 2.72. The van der Waals surface area contributed by atoms with E-state index in [0.717, 1.165) is 18.6 Å². The predicted octanol–water partition coefficient (Wildman–Crippen LogP) is 3.55. The van der Waals surface area contributed by atoms with Crippen LogP contribution in [0.2, 0.25) is 0 Å². The maximum Gasteiger partial charge on any atom is 0.119 e. The topological polar surface area (TPSA) is 35.2 Å². The van der Waals surface area contributed by atoms with E-state index < -0.39 is 0 Å². The Bertz CT molecular complexity index is 478. The minimum Gasteiger partial charge on any atom is -0.489 e. The minimum absolute atomic E-state index is 0.246. The quantitative estimate of drug-likeness (QED) is 0.856. The van der Waals surface area contributed by atoms with Crippen LogP contribution in [0, 0.1) is 0 Å². The molecular weight excluding hydrogens is 234 g/mol. The molecule has 0 saturated carbocycles. The van der Waals surface area contributed by atoms with Crippen LogP contribution in [0.1, 0.15) is 24.5 Å². The van der Waals surface area contributed by atoms with Crippen molar-refractivity contribution < 1.29 is 4.74 Å². The van der Waals surface area contributed by atoms with E-state index in [-0.39, 0.29) is 6.04 Å². The van der Waals surface area contributed by atoms with Crippen LogP contribution < -0.4 is 10.5 Å². The van der Waals surface area contributed by atoms with Crippen LogP contribution in [0.3, 0.4) is 0 Å². The molecular formula is C17H21NO. The Kier molecular flexibility index (Phi) is 4.99. The summed E-state index contributed by atoms with van der Waals surface area (Å²) in [6.07, 6.45) is 1.93. The average molecular weight is 255 g/mol. The molecule has 2 heteroatoms. The van der Waals surface area contributed by atoms with Crippen LogP contribution in [0.5, 0.6) is 5.75 Å². The van der Waals surface area contributed by atoms with Gasteiger partial charge < -0.3 is 10.5 Å². The lowest BCUT2D eigenvalue weighted by Crippen LogP contribution is -2.21. The SMILES string of the molecule is CCC(N)Cc1ccc(OCc2ccccc2)cc1. The van der Waals surface area contributed by atoms with E-state index in [1.807, 2.05) is 30.3 Å². The van der Waals surface area contributed by atoms with Crippen molar-refractivity contribution in [2.45, 2.75) is 32.4 Å². The molecule has 0 aromatic heterocycles. The summed E-state index contributed by atoms with van der Waals surface area (Å²) in [6, 6.07) is 18.6. The van der Waals surface area contributed by atoms with Gasteiger partial charge in [0.2, 0.25) is 0 Å². The second kappa shape index (κ2) is 6.95. The molecule has 0 spiro atoms. The number of benzene rings is 2. The number of ether oxygens (including phenoxy) is 1. The van der Waals surface area contributed by atoms with Crippen molar-refractivity contribution in [3.05, 3.63) is 65.7 Å². The van der Waals surface area contributed by atoms with E-state index in [1.165, 1.54) is 11.1 Å². The highest BCUT2D eigenvalue weighted by molar-refractivity contribution is 5.28. The molecule has 0 radical (unpaired) electrons. The van der Waals surface area contributed by atoms with E-state index in [9.17, 15) is 0 Å². The highest BCUT2D eigenvalue weighted by Crippen LogP contribution is 2.15. The first-order chi connectivity index (χ1) is 9.28. The van der Waals surface area contributed by atoms with Gasteiger partial charge in [0.15, 0.2) is 0 Å². The molecule has 0 amide bonds. The van der Waals surface area contributed by atoms with Gasteiger partial charge in [-0.15, -0.1) is 0 Å². The summed E-state index contributed by atoms with van der Waals surface area (Å²) in [5.41, 5.74) is 8.39. The fourth-order valence-electron chi connectivity index (χ4n) is 1.91. The van der Waals surface area contributed by atoms with Crippen LogP contribution in [0.25, 0.3) is 0 Å². The third kappa shape index (κ3) is 4.42. The van der Waals surface area contributed by atoms with E-state index >= 15 is 0 Å². The maximum absolute atomic E-state index is 5.95. The predicted molar refractivity (Wildman–Crippen MR) is 79.2 cm³/mol. The molecule has 2 aromatic rings. The van der Waals surface area contributed by atoms with Gasteiger partial charge in [-0.1, -0.05) is 49.4 Å². The maximum atomic E-state index is 5.95. The van der Waals surface area contributed by atoms with Crippen molar-refractivity contribution in [3.63, 3.8) is 0 Å². The van der Waals surface area contributed by atoms with Crippen molar-refractivity contribution in [2.75, 3.05) is 0 Å². The van der Waals surface area contributed by atoms with Crippen LogP contribution >= 0.6 is 0 Å². The smallest absolute Gasteiger partial charge is 0.119 e. The number of hydrogen-bond acceptors (Lipinski definition) is 2. The van der Waals surface area contributed by atoms with Crippen LogP contribution in [-0.4, -0.2) is 6.04 Å². The molecule has 0 bridgehead atoms. The van der Waals surface area contributed by atoms with Crippen molar-refractivity contribution >= 4 is 0 Å². The Morgan fingerprint density at radius 3 is 2.26 bits per heavy atom. The molecule has 0 saturated heterocycles. The molecule has 19 heavy (non-hydrogen) atoms. The Labute approximate surface area is 115 Å². The monoisotopic (exact) mass is 255 g/mol. The molecule has 2 aromatic carbocycles. The zero-order chi connectivity index (χ0) is 13.5. The zero-order valence-corrected chi connectivity index (χ0v) is 11.4. The fourth-order valence-corrected chi connectivity index (χ4v) is 1.91. The first-order valence-corrected chi connectivity index (χ1v) is 6.79. The van der Waals surface area contributed by atoms with E-state index in [2.05, 4.69) is 31.2 Å². The van der Waals surface area contributed by atoms with Crippen LogP contribution in [0.4, 0.5) is 0 Å². The summed E-state index contributed by atoms with van der Waals surface area (Å²) < 4.78 is 5.75. The molecule has 0 aliphatic heterocycles. The Hall–Kier alpha value is -1.80. The van der Waals surface area contributed by atoms with Gasteiger partial charge in [0.25, 0.3) is 0 Å². The summed E-state index contributed by atoms with van der Waals surface area (Å²) in [5.74, 6) is 0.901. The highest BCUT2D eigenvalue weighted by atomic mass is 16.5. The average Bonchev–Trinajstić information content (AvgIpc) is 2.47. The van der Waals surface area contributed by atoms with Crippen molar-refractivity contribution in [1.82, 2.24) is 0 Å². The first kappa shape index (κ1) is 13.6. The molecule has 2 nitrogen and oxygen atoms in total. The number of nitrogens with two attached hydrogens (primary N) is 1. The standard InChI is InChI=1S/C17H21NO/c1-2-16(18)12-14-8-10-17(11-9-14)19-13-15-6-4-3-5-7-15/h3-11,16H,2,12-13,18H2,1H3. The lowest BCUT2D eigenvalue weighted by atomic mass is 10.0. The van der Waals surface area contributed by atoms with Gasteiger partial charge in [-0.3, -0.25) is 0 Å². The van der Waals surface area contributed by atoms with Gasteiger partial charge in [-0.2, -0.15) is 0 Å². The molecule has 100 valence electrons. The largest absolute Gasteiger partial charge is 0.489 e. The van der Waals surface area contributed by atoms with E-state index in [1.54, 1.807) is 0 Å². The van der Waals surface area contributed by atoms with Gasteiger partial charge in [0.1, 0.15) is 12.4 Å². The second-order valence-corrected chi connectivity index (χ2v) is 4.79. The van der Waals surface area contributed by atoms with Crippen molar-refractivity contribution in [3.8, 4) is 5.75 Å². The van der Waals surface area contributed by atoms with Gasteiger partial charge in [0.05, 0.1) is 0 Å². The summed E-state index contributed by atoms with van der Waals surface area (Å²) >= 11 is 0. The first-order valence-electron chi connectivity index (χ1n) is 6.79. The van der Waals surface area contributed by atoms with Gasteiger partial charge in [0, 0.05) is 6.04 Å². The summed E-state index contributed by atoms with van der Waals surface area (Å²) in [5, 5.41) is 0. The van der Waals surface area contributed by atoms with Gasteiger partial charge >= 0.3 is 0 Å². The molecule has 1 unspecified atom stereocenters. The Morgan fingerprint density at radius 1 is 0.947 bits per heavy atom. The number of hydrogen-bond donors (Lipinski definition) is 1. The molecule has 2 N–H and O–H groups in total. The van der Waals surface area contributed by atoms with Crippen LogP contribution in [-0.2, 0) is 13.0 Å². The highest BCUT2D eigenvalue weighted by Gasteiger charge is 2.02. The van der Waals surface area contributed by atoms with Crippen LogP contribution in [0.15, 0.2) is 54.6 Å². The Morgan fingerprint density at radius 2 is 1.63 bits per heavy atom. The Balaban J connectivity index is 1.88. The lowest BCUT2D eigenvalue weighted by Gasteiger charge is -2.10. The third-order valence-corrected chi connectivity index (χ3v) is 3.19. The molecule has 0 aliphatic carbocycles. The van der Waals surface area contributed by atoms with E-state index in [0.29, 0.717) is 6.61 Å². The number of rotatable bonds is 6. The van der Waals surface area contributed by atoms with Gasteiger partial charge in [-0.25, -0.2) is 0 Å². The van der Waals surface area contributed by atoms with E-state index in [4.69, 9.17) is 10.5 Å². The molecule has 2 rings (SSSR count). The summed E-state index contributed by atoms with van der Waals surface area (Å²) in [7, 11) is 0. The molecule has 0 fully saturated rings. The molecule has 1 atom stereocenters. The van der Waals surface area contributed by atoms with Gasteiger partial charge in [-0.05, 0) is 36.1 Å². The third-order valence-electron chi connectivity index (χ3n) is 3.19. The molecule has 0 heterocycles. The van der Waals surface area contributed by atoms with Crippen molar-refractivity contribution in [2.24, 2.45) is 5.73 Å². The normalized spacial score (nSPS) is 12.1. The minimum atomic E-state index is 0.246. The summed E-state index contributed by atoms with van der Waals surface area (Å²) in [4.78, 5) is 0. The second-order valence-electron chi connectivity index (χ2n) is 4.79.